The standard InChI is InChI=1S/C33H45N3O4/c1-3-4-13-28(31(34)37)29(21-23-9-7-10-23)32(38)35-30-14-5-6-19-36(33(30)39)22-24-11-8-12-26(20-24)25-15-17-27(40-2)18-16-25/h8,11-12,15-18,20,23,28-30H,3-7,9-10,13-14,19,21-22H2,1-2H3,(H2,34,37)(H,35,38)/t28?,29?,30-/m0/s1. The fraction of sp³-hybridized carbons (Fsp3) is 0.545. The SMILES string of the molecule is CCCCC(C(N)=O)C(CC1CCC1)C(=O)N[C@H]1CCCCN(Cc2cccc(-c3ccc(OC)cc3)c2)C1=O. The van der Waals surface area contributed by atoms with E-state index in [2.05, 4.69) is 24.4 Å². The topological polar surface area (TPSA) is 102 Å². The van der Waals surface area contributed by atoms with Gasteiger partial charge in [-0.25, -0.2) is 0 Å². The number of carbonyl (C=O) groups is 3. The molecule has 2 unspecified atom stereocenters. The van der Waals surface area contributed by atoms with Crippen LogP contribution in [0.15, 0.2) is 48.5 Å². The molecule has 3 amide bonds. The number of hydrogen-bond acceptors (Lipinski definition) is 4. The van der Waals surface area contributed by atoms with Crippen molar-refractivity contribution >= 4 is 17.7 Å². The fourth-order valence-corrected chi connectivity index (χ4v) is 6.04. The molecule has 0 aromatic heterocycles. The Morgan fingerprint density at radius 2 is 1.80 bits per heavy atom. The number of rotatable bonds is 13. The van der Waals surface area contributed by atoms with E-state index in [1.165, 1.54) is 6.42 Å². The molecule has 2 aromatic carbocycles. The lowest BCUT2D eigenvalue weighted by Crippen LogP contribution is -2.51. The molecular weight excluding hydrogens is 502 g/mol. The maximum Gasteiger partial charge on any atom is 0.245 e. The summed E-state index contributed by atoms with van der Waals surface area (Å²) < 4.78 is 5.28. The third kappa shape index (κ3) is 7.64. The number of primary amides is 1. The number of nitrogens with zero attached hydrogens (tertiary/aromatic N) is 1. The van der Waals surface area contributed by atoms with Crippen molar-refractivity contribution in [1.29, 1.82) is 0 Å². The largest absolute Gasteiger partial charge is 0.497 e. The summed E-state index contributed by atoms with van der Waals surface area (Å²) in [7, 11) is 1.65. The molecule has 4 rings (SSSR count). The lowest BCUT2D eigenvalue weighted by Gasteiger charge is -2.33. The second-order valence-corrected chi connectivity index (χ2v) is 11.5. The van der Waals surface area contributed by atoms with Crippen molar-refractivity contribution in [2.24, 2.45) is 23.5 Å². The molecule has 3 atom stereocenters. The van der Waals surface area contributed by atoms with Crippen LogP contribution in [0.25, 0.3) is 11.1 Å². The Bertz CT molecular complexity index is 1140. The van der Waals surface area contributed by atoms with E-state index >= 15 is 0 Å². The second kappa shape index (κ2) is 14.3. The molecule has 1 heterocycles. The number of likely N-dealkylation sites (tertiary alicyclic amines) is 1. The maximum absolute atomic E-state index is 13.7. The first-order valence-corrected chi connectivity index (χ1v) is 15.0. The highest BCUT2D eigenvalue weighted by Crippen LogP contribution is 2.36. The van der Waals surface area contributed by atoms with Crippen molar-refractivity contribution in [3.63, 3.8) is 0 Å². The van der Waals surface area contributed by atoms with Crippen molar-refractivity contribution in [3.05, 3.63) is 54.1 Å². The van der Waals surface area contributed by atoms with Gasteiger partial charge in [-0.15, -0.1) is 0 Å². The summed E-state index contributed by atoms with van der Waals surface area (Å²) in [5.74, 6) is -0.332. The van der Waals surface area contributed by atoms with Crippen molar-refractivity contribution < 1.29 is 19.1 Å². The predicted octanol–water partition coefficient (Wildman–Crippen LogP) is 5.46. The number of methoxy groups -OCH3 is 1. The molecule has 40 heavy (non-hydrogen) atoms. The highest BCUT2D eigenvalue weighted by atomic mass is 16.5. The van der Waals surface area contributed by atoms with Gasteiger partial charge in [-0.1, -0.05) is 69.4 Å². The van der Waals surface area contributed by atoms with Crippen molar-refractivity contribution in [2.75, 3.05) is 13.7 Å². The summed E-state index contributed by atoms with van der Waals surface area (Å²) in [5, 5.41) is 3.09. The Kier molecular flexibility index (Phi) is 10.6. The van der Waals surface area contributed by atoms with Crippen LogP contribution in [0.3, 0.4) is 0 Å². The van der Waals surface area contributed by atoms with Crippen LogP contribution in [0.4, 0.5) is 0 Å². The third-order valence-electron chi connectivity index (χ3n) is 8.69. The zero-order valence-corrected chi connectivity index (χ0v) is 24.1. The van der Waals surface area contributed by atoms with Crippen LogP contribution in [0.2, 0.25) is 0 Å². The lowest BCUT2D eigenvalue weighted by molar-refractivity contribution is -0.139. The van der Waals surface area contributed by atoms with Crippen LogP contribution in [-0.4, -0.2) is 42.3 Å². The smallest absolute Gasteiger partial charge is 0.245 e. The van der Waals surface area contributed by atoms with E-state index in [0.717, 1.165) is 61.0 Å². The molecule has 7 heteroatoms. The number of ether oxygens (including phenoxy) is 1. The van der Waals surface area contributed by atoms with Gasteiger partial charge in [-0.05, 0) is 72.9 Å². The van der Waals surface area contributed by atoms with Gasteiger partial charge in [-0.3, -0.25) is 14.4 Å². The van der Waals surface area contributed by atoms with Gasteiger partial charge in [0.15, 0.2) is 0 Å². The highest BCUT2D eigenvalue weighted by molar-refractivity contribution is 5.91. The second-order valence-electron chi connectivity index (χ2n) is 11.5. The van der Waals surface area contributed by atoms with Gasteiger partial charge in [0.25, 0.3) is 0 Å². The number of nitrogens with two attached hydrogens (primary N) is 1. The van der Waals surface area contributed by atoms with E-state index in [1.54, 1.807) is 7.11 Å². The van der Waals surface area contributed by atoms with E-state index in [1.807, 2.05) is 41.3 Å². The Labute approximate surface area is 238 Å². The first-order valence-electron chi connectivity index (χ1n) is 15.0. The molecule has 0 bridgehead atoms. The monoisotopic (exact) mass is 547 g/mol. The molecule has 2 fully saturated rings. The van der Waals surface area contributed by atoms with Crippen molar-refractivity contribution in [1.82, 2.24) is 10.2 Å². The van der Waals surface area contributed by atoms with Crippen molar-refractivity contribution in [3.8, 4) is 16.9 Å². The summed E-state index contributed by atoms with van der Waals surface area (Å²) in [4.78, 5) is 41.7. The average Bonchev–Trinajstić information content (AvgIpc) is 3.10. The molecule has 0 spiro atoms. The zero-order chi connectivity index (χ0) is 28.5. The minimum absolute atomic E-state index is 0.0488. The number of amides is 3. The number of nitrogens with one attached hydrogen (secondary N) is 1. The fourth-order valence-electron chi connectivity index (χ4n) is 6.04. The van der Waals surface area contributed by atoms with Crippen LogP contribution < -0.4 is 15.8 Å². The summed E-state index contributed by atoms with van der Waals surface area (Å²) in [5.41, 5.74) is 9.02. The van der Waals surface area contributed by atoms with E-state index in [-0.39, 0.29) is 11.8 Å². The normalized spacial score (nSPS) is 19.3. The van der Waals surface area contributed by atoms with Gasteiger partial charge >= 0.3 is 0 Å². The Hall–Kier alpha value is -3.35. The van der Waals surface area contributed by atoms with Gasteiger partial charge in [0.05, 0.1) is 7.11 Å². The van der Waals surface area contributed by atoms with Crippen LogP contribution in [0.1, 0.15) is 76.7 Å². The lowest BCUT2D eigenvalue weighted by atomic mass is 9.73. The van der Waals surface area contributed by atoms with Crippen LogP contribution in [-0.2, 0) is 20.9 Å². The Balaban J connectivity index is 1.46. The van der Waals surface area contributed by atoms with E-state index < -0.39 is 23.8 Å². The molecule has 1 aliphatic heterocycles. The van der Waals surface area contributed by atoms with E-state index in [4.69, 9.17) is 10.5 Å². The third-order valence-corrected chi connectivity index (χ3v) is 8.69. The van der Waals surface area contributed by atoms with Gasteiger partial charge in [0.1, 0.15) is 11.8 Å². The van der Waals surface area contributed by atoms with Gasteiger partial charge in [0.2, 0.25) is 17.7 Å². The first kappa shape index (κ1) is 29.6. The summed E-state index contributed by atoms with van der Waals surface area (Å²) in [6.07, 6.45) is 8.81. The molecule has 0 radical (unpaired) electrons. The van der Waals surface area contributed by atoms with Crippen molar-refractivity contribution in [2.45, 2.75) is 83.7 Å². The molecule has 1 saturated heterocycles. The molecule has 1 saturated carbocycles. The van der Waals surface area contributed by atoms with Crippen LogP contribution in [0.5, 0.6) is 5.75 Å². The highest BCUT2D eigenvalue weighted by Gasteiger charge is 2.38. The van der Waals surface area contributed by atoms with Gasteiger partial charge < -0.3 is 20.7 Å². The van der Waals surface area contributed by atoms with E-state index in [9.17, 15) is 14.4 Å². The van der Waals surface area contributed by atoms with Gasteiger partial charge in [0, 0.05) is 24.9 Å². The van der Waals surface area contributed by atoms with Crippen LogP contribution in [0, 0.1) is 17.8 Å². The zero-order valence-electron chi connectivity index (χ0n) is 24.1. The summed E-state index contributed by atoms with van der Waals surface area (Å²) in [6, 6.07) is 15.6. The van der Waals surface area contributed by atoms with E-state index in [0.29, 0.717) is 38.3 Å². The summed E-state index contributed by atoms with van der Waals surface area (Å²) >= 11 is 0. The number of carbonyl (C=O) groups excluding carboxylic acids is 3. The quantitative estimate of drug-likeness (QED) is 0.348. The number of hydrogen-bond donors (Lipinski definition) is 2. The number of unbranched alkanes of at least 4 members (excludes halogenated alkanes) is 1. The molecule has 2 aliphatic rings. The number of benzene rings is 2. The molecule has 2 aromatic rings. The van der Waals surface area contributed by atoms with Crippen LogP contribution >= 0.6 is 0 Å². The average molecular weight is 548 g/mol. The molecule has 3 N–H and O–H groups in total. The minimum atomic E-state index is -0.580. The maximum atomic E-state index is 13.7. The Morgan fingerprint density at radius 1 is 1.02 bits per heavy atom. The first-order chi connectivity index (χ1) is 19.4. The Morgan fingerprint density at radius 3 is 2.45 bits per heavy atom. The molecule has 216 valence electrons. The van der Waals surface area contributed by atoms with Gasteiger partial charge in [-0.2, -0.15) is 0 Å². The molecule has 1 aliphatic carbocycles. The molecular formula is C33H45N3O4. The minimum Gasteiger partial charge on any atom is -0.497 e. The predicted molar refractivity (Wildman–Crippen MR) is 157 cm³/mol. The molecule has 7 nitrogen and oxygen atoms in total. The summed E-state index contributed by atoms with van der Waals surface area (Å²) in [6.45, 7) is 3.22.